The Bertz CT molecular complexity index is 342. The molecule has 2 atom stereocenters. The van der Waals surface area contributed by atoms with Crippen LogP contribution in [0.2, 0.25) is 5.02 Å². The summed E-state index contributed by atoms with van der Waals surface area (Å²) in [6.07, 6.45) is 5.06. The molecule has 0 aromatic heterocycles. The van der Waals surface area contributed by atoms with Gasteiger partial charge in [-0.15, -0.1) is 0 Å². The molecule has 0 heterocycles. The van der Waals surface area contributed by atoms with E-state index in [-0.39, 0.29) is 6.10 Å². The number of benzene rings is 1. The van der Waals surface area contributed by atoms with Crippen LogP contribution in [0.5, 0.6) is 5.75 Å². The quantitative estimate of drug-likeness (QED) is 0.879. The number of hydrogen-bond donors (Lipinski definition) is 1. The van der Waals surface area contributed by atoms with E-state index in [4.69, 9.17) is 22.1 Å². The van der Waals surface area contributed by atoms with Crippen LogP contribution in [0.25, 0.3) is 0 Å². The lowest BCUT2D eigenvalue weighted by atomic mass is 9.86. The summed E-state index contributed by atoms with van der Waals surface area (Å²) in [4.78, 5) is 0. The Balaban J connectivity index is 2.02. The van der Waals surface area contributed by atoms with Gasteiger partial charge >= 0.3 is 0 Å². The van der Waals surface area contributed by atoms with Crippen molar-refractivity contribution >= 4 is 11.6 Å². The van der Waals surface area contributed by atoms with Gasteiger partial charge in [0.25, 0.3) is 0 Å². The molecule has 0 spiro atoms. The summed E-state index contributed by atoms with van der Waals surface area (Å²) in [5, 5.41) is 0.720. The topological polar surface area (TPSA) is 35.2 Å². The fourth-order valence-corrected chi connectivity index (χ4v) is 2.49. The van der Waals surface area contributed by atoms with Crippen LogP contribution < -0.4 is 10.5 Å². The zero-order valence-electron chi connectivity index (χ0n) is 9.36. The van der Waals surface area contributed by atoms with Crippen LogP contribution in [-0.4, -0.2) is 12.6 Å². The van der Waals surface area contributed by atoms with E-state index in [2.05, 4.69) is 0 Å². The predicted octanol–water partition coefficient (Wildman–Crippen LogP) is 3.24. The molecule has 2 nitrogen and oxygen atoms in total. The molecule has 1 fully saturated rings. The molecule has 0 aliphatic heterocycles. The first kappa shape index (κ1) is 11.7. The van der Waals surface area contributed by atoms with Crippen molar-refractivity contribution in [2.24, 2.45) is 11.7 Å². The summed E-state index contributed by atoms with van der Waals surface area (Å²) in [5.74, 6) is 1.35. The number of nitrogens with two attached hydrogens (primary N) is 1. The highest BCUT2D eigenvalue weighted by Crippen LogP contribution is 2.28. The first-order valence-corrected chi connectivity index (χ1v) is 6.29. The van der Waals surface area contributed by atoms with Crippen LogP contribution in [-0.2, 0) is 0 Å². The van der Waals surface area contributed by atoms with Crippen molar-refractivity contribution in [3.8, 4) is 5.75 Å². The molecule has 0 saturated heterocycles. The van der Waals surface area contributed by atoms with E-state index < -0.39 is 0 Å². The second-order valence-corrected chi connectivity index (χ2v) is 4.83. The molecule has 16 heavy (non-hydrogen) atoms. The third-order valence-corrected chi connectivity index (χ3v) is 3.46. The Labute approximate surface area is 102 Å². The van der Waals surface area contributed by atoms with Crippen molar-refractivity contribution in [2.45, 2.75) is 31.8 Å². The molecule has 1 saturated carbocycles. The van der Waals surface area contributed by atoms with Crippen molar-refractivity contribution in [3.05, 3.63) is 29.3 Å². The van der Waals surface area contributed by atoms with E-state index >= 15 is 0 Å². The maximum atomic E-state index is 5.98. The lowest BCUT2D eigenvalue weighted by Crippen LogP contribution is -2.35. The molecule has 1 aliphatic rings. The number of hydrogen-bond acceptors (Lipinski definition) is 2. The first-order chi connectivity index (χ1) is 7.79. The minimum Gasteiger partial charge on any atom is -0.490 e. The highest BCUT2D eigenvalue weighted by atomic mass is 35.5. The van der Waals surface area contributed by atoms with E-state index in [0.717, 1.165) is 17.2 Å². The fourth-order valence-electron chi connectivity index (χ4n) is 2.31. The van der Waals surface area contributed by atoms with Crippen LogP contribution in [0.1, 0.15) is 25.7 Å². The number of rotatable bonds is 3. The van der Waals surface area contributed by atoms with Crippen LogP contribution in [0, 0.1) is 5.92 Å². The van der Waals surface area contributed by atoms with Crippen molar-refractivity contribution in [2.75, 3.05) is 6.54 Å². The highest BCUT2D eigenvalue weighted by Gasteiger charge is 2.25. The van der Waals surface area contributed by atoms with Crippen molar-refractivity contribution in [3.63, 3.8) is 0 Å². The van der Waals surface area contributed by atoms with Gasteiger partial charge in [0.05, 0.1) is 0 Å². The lowest BCUT2D eigenvalue weighted by molar-refractivity contribution is 0.0970. The van der Waals surface area contributed by atoms with Crippen molar-refractivity contribution in [1.29, 1.82) is 0 Å². The van der Waals surface area contributed by atoms with Gasteiger partial charge in [-0.05, 0) is 44.0 Å². The van der Waals surface area contributed by atoms with Gasteiger partial charge in [0.2, 0.25) is 0 Å². The summed E-state index contributed by atoms with van der Waals surface area (Å²) >= 11 is 5.93. The summed E-state index contributed by atoms with van der Waals surface area (Å²) in [6.45, 7) is 0.714. The minimum absolute atomic E-state index is 0.261. The van der Waals surface area contributed by atoms with E-state index in [1.54, 1.807) is 0 Å². The summed E-state index contributed by atoms with van der Waals surface area (Å²) in [6, 6.07) is 7.59. The number of ether oxygens (including phenoxy) is 1. The van der Waals surface area contributed by atoms with Crippen molar-refractivity contribution in [1.82, 2.24) is 0 Å². The molecular formula is C13H18ClNO. The monoisotopic (exact) mass is 239 g/mol. The molecule has 88 valence electrons. The van der Waals surface area contributed by atoms with Crippen LogP contribution in [0.3, 0.4) is 0 Å². The molecule has 2 unspecified atom stereocenters. The maximum Gasteiger partial charge on any atom is 0.121 e. The van der Waals surface area contributed by atoms with Crippen molar-refractivity contribution < 1.29 is 4.74 Å². The third-order valence-electron chi connectivity index (χ3n) is 3.23. The molecule has 1 aliphatic carbocycles. The normalized spacial score (nSPS) is 25.4. The Morgan fingerprint density at radius 3 is 2.88 bits per heavy atom. The Morgan fingerprint density at radius 2 is 2.12 bits per heavy atom. The second-order valence-electron chi connectivity index (χ2n) is 4.39. The highest BCUT2D eigenvalue weighted by molar-refractivity contribution is 6.30. The second kappa shape index (κ2) is 5.55. The van der Waals surface area contributed by atoms with E-state index in [0.29, 0.717) is 12.5 Å². The van der Waals surface area contributed by atoms with Gasteiger partial charge in [0, 0.05) is 10.9 Å². The predicted molar refractivity (Wildman–Crippen MR) is 66.9 cm³/mol. The third kappa shape index (κ3) is 2.89. The minimum atomic E-state index is 0.261. The van der Waals surface area contributed by atoms with E-state index in [1.807, 2.05) is 24.3 Å². The molecule has 0 radical (unpaired) electrons. The average molecular weight is 240 g/mol. The standard InChI is InChI=1S/C13H18ClNO/c14-11-5-3-6-12(8-11)16-13-7-2-1-4-10(13)9-15/h3,5-6,8,10,13H,1-2,4,7,9,15H2. The van der Waals surface area contributed by atoms with Gasteiger partial charge in [0.1, 0.15) is 11.9 Å². The Hall–Kier alpha value is -0.730. The molecule has 2 rings (SSSR count). The fraction of sp³-hybridized carbons (Fsp3) is 0.538. The maximum absolute atomic E-state index is 5.98. The molecule has 3 heteroatoms. The first-order valence-electron chi connectivity index (χ1n) is 5.92. The number of halogens is 1. The van der Waals surface area contributed by atoms with Gasteiger partial charge in [-0.2, -0.15) is 0 Å². The van der Waals surface area contributed by atoms with Crippen LogP contribution in [0.4, 0.5) is 0 Å². The van der Waals surface area contributed by atoms with Crippen LogP contribution in [0.15, 0.2) is 24.3 Å². The zero-order valence-corrected chi connectivity index (χ0v) is 10.1. The van der Waals surface area contributed by atoms with Gasteiger partial charge in [-0.3, -0.25) is 0 Å². The summed E-state index contributed by atoms with van der Waals surface area (Å²) < 4.78 is 5.98. The molecule has 0 bridgehead atoms. The molecule has 2 N–H and O–H groups in total. The summed E-state index contributed by atoms with van der Waals surface area (Å²) in [7, 11) is 0. The SMILES string of the molecule is NCC1CCCCC1Oc1cccc(Cl)c1. The largest absolute Gasteiger partial charge is 0.490 e. The lowest BCUT2D eigenvalue weighted by Gasteiger charge is -2.31. The molecular weight excluding hydrogens is 222 g/mol. The van der Waals surface area contributed by atoms with Gasteiger partial charge < -0.3 is 10.5 Å². The zero-order chi connectivity index (χ0) is 11.4. The average Bonchev–Trinajstić information content (AvgIpc) is 2.30. The Kier molecular flexibility index (Phi) is 4.08. The van der Waals surface area contributed by atoms with Crippen LogP contribution >= 0.6 is 11.6 Å². The van der Waals surface area contributed by atoms with Gasteiger partial charge in [-0.1, -0.05) is 24.1 Å². The van der Waals surface area contributed by atoms with E-state index in [9.17, 15) is 0 Å². The summed E-state index contributed by atoms with van der Waals surface area (Å²) in [5.41, 5.74) is 5.77. The molecule has 1 aromatic carbocycles. The Morgan fingerprint density at radius 1 is 1.31 bits per heavy atom. The smallest absolute Gasteiger partial charge is 0.121 e. The molecule has 1 aromatic rings. The van der Waals surface area contributed by atoms with E-state index in [1.165, 1.54) is 19.3 Å². The van der Waals surface area contributed by atoms with Gasteiger partial charge in [-0.25, -0.2) is 0 Å². The molecule has 0 amide bonds. The van der Waals surface area contributed by atoms with Gasteiger partial charge in [0.15, 0.2) is 0 Å².